The van der Waals surface area contributed by atoms with Gasteiger partial charge in [0.05, 0.1) is 0 Å². The smallest absolute Gasteiger partial charge is 0.445 e. The molecular formula is C4H6BF3KN. The van der Waals surface area contributed by atoms with Crippen molar-refractivity contribution in [2.24, 2.45) is 0 Å². The van der Waals surface area contributed by atoms with Gasteiger partial charge in [-0.25, -0.2) is 0 Å². The summed E-state index contributed by atoms with van der Waals surface area (Å²) in [5.74, 6) is 0.413. The quantitative estimate of drug-likeness (QED) is 0.450. The molecule has 1 aliphatic heterocycles. The Labute approximate surface area is 99.9 Å². The van der Waals surface area contributed by atoms with Crippen LogP contribution in [-0.4, -0.2) is 20.1 Å². The van der Waals surface area contributed by atoms with E-state index in [1.165, 1.54) is 0 Å². The van der Waals surface area contributed by atoms with Crippen LogP contribution >= 0.6 is 0 Å². The van der Waals surface area contributed by atoms with Gasteiger partial charge in [-0.3, -0.25) is 0 Å². The summed E-state index contributed by atoms with van der Waals surface area (Å²) < 4.78 is 34.5. The zero-order valence-corrected chi connectivity index (χ0v) is 8.83. The van der Waals surface area contributed by atoms with E-state index in [4.69, 9.17) is 0 Å². The number of halogens is 3. The van der Waals surface area contributed by atoms with Crippen LogP contribution in [0, 0.1) is 0 Å². The summed E-state index contributed by atoms with van der Waals surface area (Å²) in [6, 6.07) is 0. The molecular weight excluding hydrogens is 169 g/mol. The maximum atomic E-state index is 11.5. The van der Waals surface area contributed by atoms with Crippen molar-refractivity contribution in [1.82, 2.24) is 5.32 Å². The molecule has 0 radical (unpaired) electrons. The van der Waals surface area contributed by atoms with Crippen LogP contribution in [-0.2, 0) is 0 Å². The molecule has 1 heterocycles. The predicted octanol–water partition coefficient (Wildman–Crippen LogP) is -2.09. The van der Waals surface area contributed by atoms with E-state index in [1.54, 1.807) is 0 Å². The Morgan fingerprint density at radius 1 is 1.30 bits per heavy atom. The second kappa shape index (κ2) is 4.28. The molecule has 0 spiro atoms. The average molecular weight is 175 g/mol. The molecule has 0 aliphatic carbocycles. The first-order chi connectivity index (χ1) is 4.08. The summed E-state index contributed by atoms with van der Waals surface area (Å²) in [6.07, 6.45) is 0. The third-order valence-corrected chi connectivity index (χ3v) is 1.13. The second-order valence-electron chi connectivity index (χ2n) is 2.05. The van der Waals surface area contributed by atoms with Crippen LogP contribution in [0.5, 0.6) is 0 Å². The van der Waals surface area contributed by atoms with Crippen LogP contribution in [0.4, 0.5) is 12.9 Å². The number of hydrogen-bond donors (Lipinski definition) is 1. The Morgan fingerprint density at radius 3 is 1.90 bits per heavy atom. The van der Waals surface area contributed by atoms with Crippen molar-refractivity contribution in [3.05, 3.63) is 11.5 Å². The zero-order valence-electron chi connectivity index (χ0n) is 5.70. The molecule has 0 aromatic heterocycles. The molecule has 0 atom stereocenters. The van der Waals surface area contributed by atoms with Gasteiger partial charge in [0.25, 0.3) is 0 Å². The van der Waals surface area contributed by atoms with Crippen molar-refractivity contribution in [2.75, 3.05) is 13.1 Å². The van der Waals surface area contributed by atoms with Gasteiger partial charge in [-0.05, 0) is 0 Å². The van der Waals surface area contributed by atoms with E-state index in [0.717, 1.165) is 0 Å². The van der Waals surface area contributed by atoms with Crippen molar-refractivity contribution in [3.63, 3.8) is 0 Å². The van der Waals surface area contributed by atoms with Gasteiger partial charge >= 0.3 is 58.4 Å². The Hall–Kier alpha value is 1.19. The Balaban J connectivity index is 0.000000810. The van der Waals surface area contributed by atoms with Crippen LogP contribution in [0.2, 0.25) is 0 Å². The number of nitrogens with one attached hydrogen (secondary N) is 1. The van der Waals surface area contributed by atoms with Gasteiger partial charge in [0.15, 0.2) is 0 Å². The molecule has 1 aliphatic rings. The van der Waals surface area contributed by atoms with Gasteiger partial charge in [-0.1, -0.05) is 5.57 Å². The van der Waals surface area contributed by atoms with Crippen molar-refractivity contribution in [2.45, 2.75) is 0 Å². The maximum Gasteiger partial charge on any atom is 1.00 e. The van der Waals surface area contributed by atoms with E-state index in [-0.39, 0.29) is 51.4 Å². The van der Waals surface area contributed by atoms with Gasteiger partial charge in [0.1, 0.15) is 0 Å². The van der Waals surface area contributed by atoms with Gasteiger partial charge in [0.2, 0.25) is 0 Å². The molecule has 1 saturated heterocycles. The molecule has 1 N–H and O–H groups in total. The minimum absolute atomic E-state index is 0. The van der Waals surface area contributed by atoms with Crippen LogP contribution in [0.25, 0.3) is 0 Å². The molecule has 6 heteroatoms. The summed E-state index contributed by atoms with van der Waals surface area (Å²) in [6.45, 7) is -3.89. The van der Waals surface area contributed by atoms with Crippen molar-refractivity contribution in [3.8, 4) is 0 Å². The SMILES string of the molecule is F[B-](F)(F)C=C1CNC1.[K+]. The topological polar surface area (TPSA) is 12.0 Å². The van der Waals surface area contributed by atoms with Gasteiger partial charge in [0, 0.05) is 13.1 Å². The van der Waals surface area contributed by atoms with Gasteiger partial charge in [-0.15, -0.1) is 5.98 Å². The van der Waals surface area contributed by atoms with E-state index >= 15 is 0 Å². The standard InChI is InChI=1S/C4H6BF3N.K/c6-5(7,8)1-4-2-9-3-4;/h1,9H,2-3H2;/q-1;+1. The Kier molecular flexibility index (Phi) is 4.78. The molecule has 0 aromatic rings. The molecule has 1 fully saturated rings. The minimum Gasteiger partial charge on any atom is -0.445 e. The fourth-order valence-corrected chi connectivity index (χ4v) is 0.654. The van der Waals surface area contributed by atoms with Crippen LogP contribution in [0.15, 0.2) is 11.5 Å². The molecule has 10 heavy (non-hydrogen) atoms. The molecule has 1 rings (SSSR count). The van der Waals surface area contributed by atoms with E-state index in [0.29, 0.717) is 24.6 Å². The molecule has 52 valence electrons. The fourth-order valence-electron chi connectivity index (χ4n) is 0.654. The first-order valence-electron chi connectivity index (χ1n) is 2.69. The van der Waals surface area contributed by atoms with E-state index in [2.05, 4.69) is 5.32 Å². The monoisotopic (exact) mass is 175 g/mol. The molecule has 0 aromatic carbocycles. The Morgan fingerprint density at radius 2 is 1.80 bits per heavy atom. The largest absolute Gasteiger partial charge is 1.00 e. The van der Waals surface area contributed by atoms with Crippen LogP contribution in [0.3, 0.4) is 0 Å². The normalized spacial score (nSPS) is 17.3. The van der Waals surface area contributed by atoms with Crippen LogP contribution in [0.1, 0.15) is 0 Å². The summed E-state index contributed by atoms with van der Waals surface area (Å²) in [5.41, 5.74) is 0.461. The Bertz CT molecular complexity index is 138. The minimum atomic E-state index is -4.70. The van der Waals surface area contributed by atoms with E-state index in [1.807, 2.05) is 0 Å². The van der Waals surface area contributed by atoms with Crippen LogP contribution < -0.4 is 56.7 Å². The third kappa shape index (κ3) is 4.15. The molecule has 1 nitrogen and oxygen atoms in total. The number of hydrogen-bond acceptors (Lipinski definition) is 1. The first kappa shape index (κ1) is 11.2. The molecule has 0 amide bonds. The molecule has 0 bridgehead atoms. The van der Waals surface area contributed by atoms with E-state index in [9.17, 15) is 12.9 Å². The van der Waals surface area contributed by atoms with E-state index < -0.39 is 6.98 Å². The summed E-state index contributed by atoms with van der Waals surface area (Å²) >= 11 is 0. The third-order valence-electron chi connectivity index (χ3n) is 1.13. The molecule has 0 unspecified atom stereocenters. The zero-order chi connectivity index (χ0) is 6.91. The first-order valence-corrected chi connectivity index (χ1v) is 2.69. The predicted molar refractivity (Wildman–Crippen MR) is 30.0 cm³/mol. The summed E-state index contributed by atoms with van der Waals surface area (Å²) in [7, 11) is 0. The molecule has 0 saturated carbocycles. The second-order valence-corrected chi connectivity index (χ2v) is 2.05. The van der Waals surface area contributed by atoms with Crippen molar-refractivity contribution in [1.29, 1.82) is 0 Å². The van der Waals surface area contributed by atoms with Gasteiger partial charge < -0.3 is 18.3 Å². The van der Waals surface area contributed by atoms with Crippen molar-refractivity contribution < 1.29 is 64.3 Å². The summed E-state index contributed by atoms with van der Waals surface area (Å²) in [4.78, 5) is 0. The fraction of sp³-hybridized carbons (Fsp3) is 0.500. The van der Waals surface area contributed by atoms with Gasteiger partial charge in [-0.2, -0.15) is 0 Å². The number of rotatable bonds is 1. The van der Waals surface area contributed by atoms with Crippen molar-refractivity contribution >= 4 is 6.98 Å². The average Bonchev–Trinajstić information content (AvgIpc) is 1.53. The summed E-state index contributed by atoms with van der Waals surface area (Å²) in [5, 5.41) is 2.73. The maximum absolute atomic E-state index is 11.5.